The molecule has 2 aromatic rings. The zero-order chi connectivity index (χ0) is 14.4. The van der Waals surface area contributed by atoms with Gasteiger partial charge in [-0.3, -0.25) is 0 Å². The fraction of sp³-hybridized carbons (Fsp3) is 0.250. The molecule has 0 heterocycles. The molecule has 0 spiro atoms. The topological polar surface area (TPSA) is 56.5 Å². The number of para-hydroxylation sites is 3. The van der Waals surface area contributed by atoms with E-state index in [4.69, 9.17) is 15.2 Å². The lowest BCUT2D eigenvalue weighted by molar-refractivity contribution is 0.319. The quantitative estimate of drug-likeness (QED) is 0.785. The van der Waals surface area contributed by atoms with Gasteiger partial charge < -0.3 is 20.5 Å². The van der Waals surface area contributed by atoms with Gasteiger partial charge in [-0.25, -0.2) is 0 Å². The van der Waals surface area contributed by atoms with Crippen molar-refractivity contribution in [2.24, 2.45) is 0 Å². The van der Waals surface area contributed by atoms with E-state index in [-0.39, 0.29) is 0 Å². The van der Waals surface area contributed by atoms with Gasteiger partial charge in [0.05, 0.1) is 30.8 Å². The van der Waals surface area contributed by atoms with Crippen LogP contribution >= 0.6 is 0 Å². The minimum absolute atomic E-state index is 0.604. The summed E-state index contributed by atoms with van der Waals surface area (Å²) in [6.07, 6.45) is 0.948. The first-order valence-electron chi connectivity index (χ1n) is 6.67. The van der Waals surface area contributed by atoms with Gasteiger partial charge in [-0.15, -0.1) is 0 Å². The molecule has 4 nitrogen and oxygen atoms in total. The molecular formula is C16H20N2O2. The highest BCUT2D eigenvalue weighted by molar-refractivity contribution is 5.79. The number of nitrogens with one attached hydrogen (secondary N) is 1. The molecule has 20 heavy (non-hydrogen) atoms. The van der Waals surface area contributed by atoms with Crippen molar-refractivity contribution in [3.8, 4) is 11.5 Å². The molecule has 0 aromatic heterocycles. The van der Waals surface area contributed by atoms with E-state index in [0.29, 0.717) is 18.0 Å². The second kappa shape index (κ2) is 6.70. The molecule has 0 aliphatic heterocycles. The largest absolute Gasteiger partial charge is 0.495 e. The highest BCUT2D eigenvalue weighted by Gasteiger charge is 2.08. The average Bonchev–Trinajstić information content (AvgIpc) is 2.48. The van der Waals surface area contributed by atoms with Crippen molar-refractivity contribution < 1.29 is 9.47 Å². The number of methoxy groups -OCH3 is 1. The number of hydrogen-bond donors (Lipinski definition) is 2. The van der Waals surface area contributed by atoms with E-state index in [2.05, 4.69) is 12.2 Å². The summed E-state index contributed by atoms with van der Waals surface area (Å²) in [7, 11) is 1.64. The van der Waals surface area contributed by atoms with Crippen molar-refractivity contribution in [2.45, 2.75) is 13.3 Å². The minimum atomic E-state index is 0.604. The number of anilines is 3. The third-order valence-electron chi connectivity index (χ3n) is 2.90. The van der Waals surface area contributed by atoms with E-state index in [1.54, 1.807) is 7.11 Å². The standard InChI is InChI=1S/C16H20N2O2/c1-3-11-20-15-10-6-8-13(16(15)17)18-12-7-4-5-9-14(12)19-2/h4-10,18H,3,11,17H2,1-2H3. The number of ether oxygens (including phenoxy) is 2. The minimum Gasteiger partial charge on any atom is -0.495 e. The predicted molar refractivity (Wildman–Crippen MR) is 82.9 cm³/mol. The normalized spacial score (nSPS) is 10.1. The van der Waals surface area contributed by atoms with Crippen molar-refractivity contribution in [1.29, 1.82) is 0 Å². The molecular weight excluding hydrogens is 252 g/mol. The van der Waals surface area contributed by atoms with Gasteiger partial charge in [-0.1, -0.05) is 25.1 Å². The van der Waals surface area contributed by atoms with Crippen molar-refractivity contribution in [3.05, 3.63) is 42.5 Å². The third-order valence-corrected chi connectivity index (χ3v) is 2.90. The number of rotatable bonds is 6. The molecule has 0 radical (unpaired) electrons. The Morgan fingerprint density at radius 2 is 1.70 bits per heavy atom. The monoisotopic (exact) mass is 272 g/mol. The SMILES string of the molecule is CCCOc1cccc(Nc2ccccc2OC)c1N. The van der Waals surface area contributed by atoms with Crippen LogP contribution < -0.4 is 20.5 Å². The van der Waals surface area contributed by atoms with Gasteiger partial charge >= 0.3 is 0 Å². The molecule has 0 aliphatic carbocycles. The van der Waals surface area contributed by atoms with Crippen molar-refractivity contribution in [3.63, 3.8) is 0 Å². The van der Waals surface area contributed by atoms with Crippen LogP contribution in [0.3, 0.4) is 0 Å². The van der Waals surface area contributed by atoms with Crippen LogP contribution in [0.2, 0.25) is 0 Å². The summed E-state index contributed by atoms with van der Waals surface area (Å²) >= 11 is 0. The summed E-state index contributed by atoms with van der Waals surface area (Å²) in [4.78, 5) is 0. The molecule has 0 amide bonds. The van der Waals surface area contributed by atoms with E-state index in [9.17, 15) is 0 Å². The van der Waals surface area contributed by atoms with Gasteiger partial charge in [0.25, 0.3) is 0 Å². The molecule has 3 N–H and O–H groups in total. The summed E-state index contributed by atoms with van der Waals surface area (Å²) in [5.74, 6) is 1.47. The first-order valence-corrected chi connectivity index (χ1v) is 6.67. The molecule has 0 fully saturated rings. The Balaban J connectivity index is 2.25. The third kappa shape index (κ3) is 3.15. The molecule has 0 aliphatic rings. The van der Waals surface area contributed by atoms with Crippen LogP contribution in [0.5, 0.6) is 11.5 Å². The fourth-order valence-electron chi connectivity index (χ4n) is 1.88. The van der Waals surface area contributed by atoms with Crippen LogP contribution in [-0.2, 0) is 0 Å². The van der Waals surface area contributed by atoms with Crippen molar-refractivity contribution in [2.75, 3.05) is 24.8 Å². The molecule has 0 bridgehead atoms. The number of hydrogen-bond acceptors (Lipinski definition) is 4. The first kappa shape index (κ1) is 14.1. The Labute approximate surface area is 119 Å². The summed E-state index contributed by atoms with van der Waals surface area (Å²) in [5.41, 5.74) is 8.42. The van der Waals surface area contributed by atoms with Gasteiger partial charge in [0.1, 0.15) is 11.5 Å². The smallest absolute Gasteiger partial charge is 0.144 e. The molecule has 0 atom stereocenters. The predicted octanol–water partition coefficient (Wildman–Crippen LogP) is 3.81. The number of nitrogen functional groups attached to an aromatic ring is 1. The molecule has 106 valence electrons. The van der Waals surface area contributed by atoms with Gasteiger partial charge in [0, 0.05) is 0 Å². The van der Waals surface area contributed by atoms with Crippen LogP contribution in [0.25, 0.3) is 0 Å². The highest BCUT2D eigenvalue weighted by Crippen LogP contribution is 2.34. The van der Waals surface area contributed by atoms with E-state index < -0.39 is 0 Å². The fourth-order valence-corrected chi connectivity index (χ4v) is 1.88. The Morgan fingerprint density at radius 3 is 2.45 bits per heavy atom. The lowest BCUT2D eigenvalue weighted by Crippen LogP contribution is -2.02. The average molecular weight is 272 g/mol. The van der Waals surface area contributed by atoms with Gasteiger partial charge in [0.15, 0.2) is 0 Å². The van der Waals surface area contributed by atoms with Crippen LogP contribution in [0.15, 0.2) is 42.5 Å². The van der Waals surface area contributed by atoms with Gasteiger partial charge in [-0.2, -0.15) is 0 Å². The maximum absolute atomic E-state index is 6.14. The molecule has 2 rings (SSSR count). The molecule has 0 saturated carbocycles. The van der Waals surface area contributed by atoms with Crippen LogP contribution in [-0.4, -0.2) is 13.7 Å². The zero-order valence-electron chi connectivity index (χ0n) is 11.8. The Bertz CT molecular complexity index is 570. The van der Waals surface area contributed by atoms with Crippen molar-refractivity contribution >= 4 is 17.1 Å². The van der Waals surface area contributed by atoms with E-state index in [1.165, 1.54) is 0 Å². The summed E-state index contributed by atoms with van der Waals surface area (Å²) in [6.45, 7) is 2.72. The second-order valence-electron chi connectivity index (χ2n) is 4.39. The first-order chi connectivity index (χ1) is 9.76. The number of nitrogens with two attached hydrogens (primary N) is 1. The number of benzene rings is 2. The highest BCUT2D eigenvalue weighted by atomic mass is 16.5. The Kier molecular flexibility index (Phi) is 4.71. The Hall–Kier alpha value is -2.36. The second-order valence-corrected chi connectivity index (χ2v) is 4.39. The van der Waals surface area contributed by atoms with Crippen LogP contribution in [0, 0.1) is 0 Å². The van der Waals surface area contributed by atoms with E-state index in [1.807, 2.05) is 42.5 Å². The molecule has 2 aromatic carbocycles. The lowest BCUT2D eigenvalue weighted by Gasteiger charge is -2.15. The van der Waals surface area contributed by atoms with E-state index >= 15 is 0 Å². The lowest BCUT2D eigenvalue weighted by atomic mass is 10.2. The van der Waals surface area contributed by atoms with Crippen molar-refractivity contribution in [1.82, 2.24) is 0 Å². The molecule has 4 heteroatoms. The molecule has 0 saturated heterocycles. The molecule has 0 unspecified atom stereocenters. The van der Waals surface area contributed by atoms with E-state index in [0.717, 1.165) is 23.5 Å². The zero-order valence-corrected chi connectivity index (χ0v) is 11.8. The summed E-state index contributed by atoms with van der Waals surface area (Å²) in [5, 5.41) is 3.28. The summed E-state index contributed by atoms with van der Waals surface area (Å²) < 4.78 is 10.9. The van der Waals surface area contributed by atoms with Crippen LogP contribution in [0.4, 0.5) is 17.1 Å². The van der Waals surface area contributed by atoms with Gasteiger partial charge in [-0.05, 0) is 30.7 Å². The Morgan fingerprint density at radius 1 is 1.00 bits per heavy atom. The van der Waals surface area contributed by atoms with Gasteiger partial charge in [0.2, 0.25) is 0 Å². The maximum atomic E-state index is 6.14. The van der Waals surface area contributed by atoms with Crippen LogP contribution in [0.1, 0.15) is 13.3 Å². The maximum Gasteiger partial charge on any atom is 0.144 e. The summed E-state index contributed by atoms with van der Waals surface area (Å²) in [6, 6.07) is 13.4.